The number of rotatable bonds is 4. The van der Waals surface area contributed by atoms with Gasteiger partial charge in [0, 0.05) is 36.0 Å². The summed E-state index contributed by atoms with van der Waals surface area (Å²) in [5, 5.41) is 11.6. The van der Waals surface area contributed by atoms with Crippen LogP contribution in [-0.2, 0) is 0 Å². The molecule has 33 heavy (non-hydrogen) atoms. The van der Waals surface area contributed by atoms with E-state index in [1.54, 1.807) is 24.3 Å². The number of nitrogens with one attached hydrogen (secondary N) is 2. The summed E-state index contributed by atoms with van der Waals surface area (Å²) in [7, 11) is 0. The van der Waals surface area contributed by atoms with Gasteiger partial charge in [0.15, 0.2) is 5.65 Å². The molecule has 0 saturated carbocycles. The minimum atomic E-state index is -0.473. The molecule has 2 bridgehead atoms. The molecule has 0 spiro atoms. The summed E-state index contributed by atoms with van der Waals surface area (Å²) >= 11 is 0. The van der Waals surface area contributed by atoms with Gasteiger partial charge in [0.05, 0.1) is 11.1 Å². The Morgan fingerprint density at radius 2 is 2.03 bits per heavy atom. The molecule has 4 aromatic rings. The number of nitrogens with zero attached hydrogens (tertiary/aromatic N) is 5. The first-order valence-electron chi connectivity index (χ1n) is 10.5. The maximum absolute atomic E-state index is 13.4. The van der Waals surface area contributed by atoms with E-state index in [2.05, 4.69) is 31.7 Å². The Labute approximate surface area is 187 Å². The number of carbonyl (C=O) groups is 1. The van der Waals surface area contributed by atoms with Crippen LogP contribution in [-0.4, -0.2) is 43.2 Å². The first-order chi connectivity index (χ1) is 16.1. The lowest BCUT2D eigenvalue weighted by Crippen LogP contribution is -2.27. The summed E-state index contributed by atoms with van der Waals surface area (Å²) < 4.78 is 15.2. The van der Waals surface area contributed by atoms with Crippen molar-refractivity contribution >= 4 is 34.3 Å². The molecule has 9 nitrogen and oxygen atoms in total. The van der Waals surface area contributed by atoms with E-state index in [0.717, 1.165) is 30.3 Å². The van der Waals surface area contributed by atoms with Crippen LogP contribution in [0.5, 0.6) is 0 Å². The van der Waals surface area contributed by atoms with Crippen molar-refractivity contribution in [3.63, 3.8) is 0 Å². The van der Waals surface area contributed by atoms with Crippen LogP contribution in [0.15, 0.2) is 55.0 Å². The molecule has 4 heterocycles. The fourth-order valence-electron chi connectivity index (χ4n) is 4.49. The number of aromatic nitrogens is 5. The van der Waals surface area contributed by atoms with Gasteiger partial charge in [-0.2, -0.15) is 5.10 Å². The highest BCUT2D eigenvalue weighted by molar-refractivity contribution is 6.04. The van der Waals surface area contributed by atoms with E-state index >= 15 is 0 Å². The second-order valence-corrected chi connectivity index (χ2v) is 8.16. The van der Waals surface area contributed by atoms with Gasteiger partial charge in [-0.05, 0) is 30.5 Å². The Balaban J connectivity index is 1.35. The number of nitrogens with two attached hydrogens (primary N) is 1. The van der Waals surface area contributed by atoms with Crippen molar-refractivity contribution in [3.05, 3.63) is 66.4 Å². The number of amides is 1. The maximum atomic E-state index is 13.4. The molecular weight excluding hydrogens is 423 g/mol. The van der Waals surface area contributed by atoms with Crippen LogP contribution in [0.4, 0.5) is 16.0 Å². The maximum Gasteiger partial charge on any atom is 0.256 e. The van der Waals surface area contributed by atoms with Crippen molar-refractivity contribution in [1.82, 2.24) is 30.0 Å². The fraction of sp³-hybridized carbons (Fsp3) is 0.174. The van der Waals surface area contributed by atoms with Gasteiger partial charge in [0.1, 0.15) is 29.5 Å². The van der Waals surface area contributed by atoms with Crippen molar-refractivity contribution in [1.29, 1.82) is 0 Å². The van der Waals surface area contributed by atoms with Crippen LogP contribution < -0.4 is 16.4 Å². The minimum absolute atomic E-state index is 0.145. The number of anilines is 2. The van der Waals surface area contributed by atoms with Crippen molar-refractivity contribution in [2.24, 2.45) is 5.92 Å². The molecule has 2 aliphatic rings. The van der Waals surface area contributed by atoms with Gasteiger partial charge in [-0.3, -0.25) is 4.79 Å². The van der Waals surface area contributed by atoms with E-state index in [4.69, 9.17) is 10.8 Å². The number of benzene rings is 1. The molecule has 1 fully saturated rings. The summed E-state index contributed by atoms with van der Waals surface area (Å²) in [5.74, 6) is 0.121. The van der Waals surface area contributed by atoms with Gasteiger partial charge in [-0.15, -0.1) is 0 Å². The quantitative estimate of drug-likeness (QED) is 0.444. The van der Waals surface area contributed by atoms with Crippen LogP contribution in [0.3, 0.4) is 0 Å². The highest BCUT2D eigenvalue weighted by atomic mass is 19.1. The number of hydrogen-bond donors (Lipinski definition) is 3. The van der Waals surface area contributed by atoms with Crippen molar-refractivity contribution < 1.29 is 9.18 Å². The van der Waals surface area contributed by atoms with Crippen LogP contribution in [0.1, 0.15) is 16.8 Å². The summed E-state index contributed by atoms with van der Waals surface area (Å²) in [6.45, 7) is 0.978. The lowest BCUT2D eigenvalue weighted by atomic mass is 10.1. The van der Waals surface area contributed by atoms with Gasteiger partial charge >= 0.3 is 0 Å². The standard InChI is InChI=1S/C23H19FN8O/c24-15-5-6-26-18(9-15)30-23(33)14-3-1-13(2-4-14)20-19-21(25)28-11-29-22(19)32(31-20)17-8-12-7-16(17)27-10-12/h1-6,8-9,11-12,16,27H,7,10H2,(H2,25,28,29)(H,26,30,33)/t12-,16?/m1/s1. The van der Waals surface area contributed by atoms with E-state index in [9.17, 15) is 9.18 Å². The van der Waals surface area contributed by atoms with Crippen molar-refractivity contribution in [2.45, 2.75) is 12.5 Å². The molecule has 1 amide bonds. The van der Waals surface area contributed by atoms with Crippen LogP contribution >= 0.6 is 0 Å². The summed E-state index contributed by atoms with van der Waals surface area (Å²) in [4.78, 5) is 25.1. The molecule has 2 atom stereocenters. The van der Waals surface area contributed by atoms with E-state index in [1.165, 1.54) is 18.6 Å². The molecule has 1 saturated heterocycles. The van der Waals surface area contributed by atoms with E-state index in [-0.39, 0.29) is 11.9 Å². The van der Waals surface area contributed by atoms with Gasteiger partial charge in [-0.1, -0.05) is 18.2 Å². The van der Waals surface area contributed by atoms with Crippen LogP contribution in [0.25, 0.3) is 28.0 Å². The number of fused-ring (bicyclic) bond motifs is 3. The summed E-state index contributed by atoms with van der Waals surface area (Å²) in [6.07, 6.45) is 6.03. The average molecular weight is 442 g/mol. The fourth-order valence-corrected chi connectivity index (χ4v) is 4.49. The zero-order valence-corrected chi connectivity index (χ0v) is 17.4. The average Bonchev–Trinajstić information content (AvgIpc) is 3.54. The second kappa shape index (κ2) is 7.45. The molecule has 0 radical (unpaired) electrons. The Kier molecular flexibility index (Phi) is 4.40. The van der Waals surface area contributed by atoms with Crippen molar-refractivity contribution in [3.8, 4) is 11.3 Å². The highest BCUT2D eigenvalue weighted by Gasteiger charge is 2.35. The summed E-state index contributed by atoms with van der Waals surface area (Å²) in [6, 6.07) is 9.55. The Morgan fingerprint density at radius 3 is 2.76 bits per heavy atom. The first-order valence-corrected chi connectivity index (χ1v) is 10.5. The second-order valence-electron chi connectivity index (χ2n) is 8.16. The Morgan fingerprint density at radius 1 is 1.18 bits per heavy atom. The molecule has 10 heteroatoms. The zero-order chi connectivity index (χ0) is 22.5. The summed E-state index contributed by atoms with van der Waals surface area (Å²) in [5.41, 5.74) is 9.76. The number of halogens is 1. The Hall–Kier alpha value is -4.18. The number of pyridine rings is 1. The van der Waals surface area contributed by atoms with Gasteiger partial charge in [0.25, 0.3) is 5.91 Å². The van der Waals surface area contributed by atoms with E-state index in [1.807, 2.05) is 4.68 Å². The van der Waals surface area contributed by atoms with Gasteiger partial charge in [0.2, 0.25) is 0 Å². The predicted molar refractivity (Wildman–Crippen MR) is 121 cm³/mol. The largest absolute Gasteiger partial charge is 0.383 e. The molecular formula is C23H19FN8O. The number of hydrogen-bond acceptors (Lipinski definition) is 7. The van der Waals surface area contributed by atoms with Gasteiger partial charge < -0.3 is 16.4 Å². The SMILES string of the molecule is Nc1ncnc2c1c(-c1ccc(C(=O)Nc3cc(F)ccn3)cc1)nn2C1=C[C@@H]2CNC1C2. The third-order valence-corrected chi connectivity index (χ3v) is 6.05. The van der Waals surface area contributed by atoms with Crippen molar-refractivity contribution in [2.75, 3.05) is 17.6 Å². The smallest absolute Gasteiger partial charge is 0.256 e. The number of nitrogen functional groups attached to an aromatic ring is 1. The van der Waals surface area contributed by atoms with Crippen LogP contribution in [0.2, 0.25) is 0 Å². The lowest BCUT2D eigenvalue weighted by molar-refractivity contribution is 0.102. The van der Waals surface area contributed by atoms with Gasteiger partial charge in [-0.25, -0.2) is 24.0 Å². The minimum Gasteiger partial charge on any atom is -0.383 e. The zero-order valence-electron chi connectivity index (χ0n) is 17.4. The third kappa shape index (κ3) is 3.31. The number of carbonyl (C=O) groups excluding carboxylic acids is 1. The monoisotopic (exact) mass is 442 g/mol. The molecule has 1 aliphatic carbocycles. The normalized spacial score (nSPS) is 19.1. The van der Waals surface area contributed by atoms with E-state index in [0.29, 0.717) is 34.0 Å². The highest BCUT2D eigenvalue weighted by Crippen LogP contribution is 2.37. The molecule has 4 N–H and O–H groups in total. The lowest BCUT2D eigenvalue weighted by Gasteiger charge is -2.15. The molecule has 3 aromatic heterocycles. The molecule has 1 unspecified atom stereocenters. The van der Waals surface area contributed by atoms with E-state index < -0.39 is 11.7 Å². The molecule has 1 aromatic carbocycles. The topological polar surface area (TPSA) is 124 Å². The Bertz CT molecular complexity index is 1430. The molecule has 1 aliphatic heterocycles. The molecule has 6 rings (SSSR count). The third-order valence-electron chi connectivity index (χ3n) is 6.05. The predicted octanol–water partition coefficient (Wildman–Crippen LogP) is 2.69. The van der Waals surface area contributed by atoms with Crippen LogP contribution in [0, 0.1) is 11.7 Å². The first kappa shape index (κ1) is 19.5. The molecule has 164 valence electrons.